The van der Waals surface area contributed by atoms with Gasteiger partial charge in [0, 0.05) is 0 Å². The first kappa shape index (κ1) is 12.2. The molecule has 0 N–H and O–H groups in total. The van der Waals surface area contributed by atoms with Crippen molar-refractivity contribution in [2.45, 2.75) is 32.1 Å². The van der Waals surface area contributed by atoms with Crippen LogP contribution in [0.15, 0.2) is 30.3 Å². The zero-order valence-corrected chi connectivity index (χ0v) is 10.4. The van der Waals surface area contributed by atoms with Gasteiger partial charge in [0.1, 0.15) is 0 Å². The molecule has 0 radical (unpaired) electrons. The average molecular weight is 232 g/mol. The van der Waals surface area contributed by atoms with Gasteiger partial charge in [-0.25, -0.2) is 0 Å². The van der Waals surface area contributed by atoms with E-state index in [2.05, 4.69) is 30.3 Å². The van der Waals surface area contributed by atoms with Gasteiger partial charge in [-0.3, -0.25) is 4.79 Å². The minimum atomic E-state index is -0.0249. The molecular formula is C15H20O2. The largest absolute Gasteiger partial charge is 0.469 e. The van der Waals surface area contributed by atoms with Crippen LogP contribution < -0.4 is 0 Å². The summed E-state index contributed by atoms with van der Waals surface area (Å²) in [4.78, 5) is 11.4. The minimum Gasteiger partial charge on any atom is -0.469 e. The summed E-state index contributed by atoms with van der Waals surface area (Å²) in [7, 11) is 1.48. The van der Waals surface area contributed by atoms with Crippen molar-refractivity contribution in [3.63, 3.8) is 0 Å². The number of rotatable bonds is 3. The third-order valence-corrected chi connectivity index (χ3v) is 3.75. The highest BCUT2D eigenvalue weighted by Gasteiger charge is 2.26. The third-order valence-electron chi connectivity index (χ3n) is 3.75. The number of ether oxygens (including phenoxy) is 1. The van der Waals surface area contributed by atoms with Crippen LogP contribution >= 0.6 is 0 Å². The van der Waals surface area contributed by atoms with Gasteiger partial charge >= 0.3 is 5.97 Å². The van der Waals surface area contributed by atoms with Gasteiger partial charge < -0.3 is 4.74 Å². The van der Waals surface area contributed by atoms with Gasteiger partial charge in [0.2, 0.25) is 0 Å². The molecule has 0 heterocycles. The molecule has 1 saturated carbocycles. The Kier molecular flexibility index (Phi) is 4.18. The molecule has 1 fully saturated rings. The Balaban J connectivity index is 1.82. The van der Waals surface area contributed by atoms with E-state index in [0.29, 0.717) is 0 Å². The first-order valence-electron chi connectivity index (χ1n) is 6.41. The van der Waals surface area contributed by atoms with E-state index in [1.165, 1.54) is 12.7 Å². The van der Waals surface area contributed by atoms with E-state index in [9.17, 15) is 4.79 Å². The van der Waals surface area contributed by atoms with Crippen LogP contribution in [-0.4, -0.2) is 13.1 Å². The quantitative estimate of drug-likeness (QED) is 0.748. The Morgan fingerprint density at radius 2 is 1.82 bits per heavy atom. The number of carbonyl (C=O) groups excluding carboxylic acids is 1. The molecule has 0 unspecified atom stereocenters. The summed E-state index contributed by atoms with van der Waals surface area (Å²) >= 11 is 0. The van der Waals surface area contributed by atoms with Crippen molar-refractivity contribution in [1.29, 1.82) is 0 Å². The van der Waals surface area contributed by atoms with E-state index in [1.54, 1.807) is 0 Å². The Morgan fingerprint density at radius 1 is 1.18 bits per heavy atom. The monoisotopic (exact) mass is 232 g/mol. The van der Waals surface area contributed by atoms with Crippen molar-refractivity contribution in [2.75, 3.05) is 7.11 Å². The minimum absolute atomic E-state index is 0.0249. The van der Waals surface area contributed by atoms with E-state index < -0.39 is 0 Å². The predicted molar refractivity (Wildman–Crippen MR) is 67.6 cm³/mol. The molecule has 1 aliphatic rings. The number of methoxy groups -OCH3 is 1. The first-order chi connectivity index (χ1) is 8.29. The number of hydrogen-bond donors (Lipinski definition) is 0. The van der Waals surface area contributed by atoms with Crippen LogP contribution in [0.5, 0.6) is 0 Å². The summed E-state index contributed by atoms with van der Waals surface area (Å²) in [6.45, 7) is 0. The van der Waals surface area contributed by atoms with Crippen LogP contribution in [0.1, 0.15) is 31.2 Å². The Hall–Kier alpha value is -1.31. The molecule has 1 aliphatic carbocycles. The fourth-order valence-electron chi connectivity index (χ4n) is 2.72. The van der Waals surface area contributed by atoms with Gasteiger partial charge in [0.05, 0.1) is 13.0 Å². The normalized spacial score (nSPS) is 24.3. The van der Waals surface area contributed by atoms with Gasteiger partial charge in [0.25, 0.3) is 0 Å². The summed E-state index contributed by atoms with van der Waals surface area (Å²) < 4.78 is 4.80. The van der Waals surface area contributed by atoms with E-state index in [-0.39, 0.29) is 11.9 Å². The molecule has 0 amide bonds. The highest BCUT2D eigenvalue weighted by Crippen LogP contribution is 2.31. The van der Waals surface area contributed by atoms with E-state index in [1.807, 2.05) is 0 Å². The van der Waals surface area contributed by atoms with Crippen molar-refractivity contribution in [3.05, 3.63) is 35.9 Å². The summed E-state index contributed by atoms with van der Waals surface area (Å²) in [5, 5.41) is 0. The summed E-state index contributed by atoms with van der Waals surface area (Å²) in [5.41, 5.74) is 1.41. The van der Waals surface area contributed by atoms with Crippen molar-refractivity contribution in [2.24, 2.45) is 11.8 Å². The maximum Gasteiger partial charge on any atom is 0.308 e. The molecule has 0 bridgehead atoms. The molecule has 1 aromatic rings. The molecule has 1 aromatic carbocycles. The first-order valence-corrected chi connectivity index (χ1v) is 6.41. The number of carbonyl (C=O) groups is 1. The molecule has 0 aromatic heterocycles. The molecule has 2 nitrogen and oxygen atoms in total. The second-order valence-electron chi connectivity index (χ2n) is 4.93. The second-order valence-corrected chi connectivity index (χ2v) is 4.93. The van der Waals surface area contributed by atoms with Crippen molar-refractivity contribution in [1.82, 2.24) is 0 Å². The molecule has 92 valence electrons. The van der Waals surface area contributed by atoms with Crippen LogP contribution in [0, 0.1) is 11.8 Å². The Morgan fingerprint density at radius 3 is 2.41 bits per heavy atom. The molecule has 0 aliphatic heterocycles. The Bertz CT molecular complexity index is 350. The van der Waals surface area contributed by atoms with Gasteiger partial charge in [-0.1, -0.05) is 30.3 Å². The highest BCUT2D eigenvalue weighted by molar-refractivity contribution is 5.72. The lowest BCUT2D eigenvalue weighted by molar-refractivity contribution is -0.146. The number of benzene rings is 1. The predicted octanol–water partition coefficient (Wildman–Crippen LogP) is 3.21. The lowest BCUT2D eigenvalue weighted by Crippen LogP contribution is -2.23. The van der Waals surface area contributed by atoms with E-state index >= 15 is 0 Å². The van der Waals surface area contributed by atoms with Crippen LogP contribution in [0.3, 0.4) is 0 Å². The molecule has 2 rings (SSSR count). The Labute approximate surface area is 103 Å². The maximum absolute atomic E-state index is 11.4. The van der Waals surface area contributed by atoms with Crippen LogP contribution in [0.4, 0.5) is 0 Å². The van der Waals surface area contributed by atoms with Crippen LogP contribution in [0.2, 0.25) is 0 Å². The second kappa shape index (κ2) is 5.85. The molecule has 2 heteroatoms. The topological polar surface area (TPSA) is 26.3 Å². The molecule has 0 saturated heterocycles. The standard InChI is InChI=1S/C15H20O2/c1-17-15(16)14-9-7-13(8-10-14)11-12-5-3-2-4-6-12/h2-6,13-14H,7-11H2,1H3/t13-,14-. The van der Waals surface area contributed by atoms with Gasteiger partial charge in [0.15, 0.2) is 0 Å². The molecule has 17 heavy (non-hydrogen) atoms. The van der Waals surface area contributed by atoms with Crippen LogP contribution in [-0.2, 0) is 16.0 Å². The van der Waals surface area contributed by atoms with Gasteiger partial charge in [-0.15, -0.1) is 0 Å². The number of hydrogen-bond acceptors (Lipinski definition) is 2. The summed E-state index contributed by atoms with van der Waals surface area (Å²) in [6.07, 6.45) is 5.42. The zero-order chi connectivity index (χ0) is 12.1. The third kappa shape index (κ3) is 3.32. The van der Waals surface area contributed by atoms with Crippen molar-refractivity contribution >= 4 is 5.97 Å². The van der Waals surface area contributed by atoms with Gasteiger partial charge in [-0.05, 0) is 43.6 Å². The molecular weight excluding hydrogens is 212 g/mol. The average Bonchev–Trinajstić information content (AvgIpc) is 2.40. The lowest BCUT2D eigenvalue weighted by Gasteiger charge is -2.26. The van der Waals surface area contributed by atoms with E-state index in [0.717, 1.165) is 38.0 Å². The fourth-order valence-corrected chi connectivity index (χ4v) is 2.72. The number of esters is 1. The van der Waals surface area contributed by atoms with E-state index in [4.69, 9.17) is 4.74 Å². The lowest BCUT2D eigenvalue weighted by atomic mass is 9.79. The van der Waals surface area contributed by atoms with Crippen molar-refractivity contribution in [3.8, 4) is 0 Å². The molecule has 0 atom stereocenters. The zero-order valence-electron chi connectivity index (χ0n) is 10.4. The summed E-state index contributed by atoms with van der Waals surface area (Å²) in [6, 6.07) is 10.6. The van der Waals surface area contributed by atoms with Crippen molar-refractivity contribution < 1.29 is 9.53 Å². The maximum atomic E-state index is 11.4. The highest BCUT2D eigenvalue weighted by atomic mass is 16.5. The smallest absolute Gasteiger partial charge is 0.308 e. The van der Waals surface area contributed by atoms with Crippen LogP contribution in [0.25, 0.3) is 0 Å². The summed E-state index contributed by atoms with van der Waals surface area (Å²) in [5.74, 6) is 0.855. The van der Waals surface area contributed by atoms with Gasteiger partial charge in [-0.2, -0.15) is 0 Å². The fraction of sp³-hybridized carbons (Fsp3) is 0.533. The molecule has 0 spiro atoms. The SMILES string of the molecule is COC(=O)[C@H]1CC[C@H](Cc2ccccc2)CC1.